The van der Waals surface area contributed by atoms with Crippen molar-refractivity contribution in [1.29, 1.82) is 0 Å². The number of esters is 1. The van der Waals surface area contributed by atoms with Crippen LogP contribution in [0, 0.1) is 0 Å². The van der Waals surface area contributed by atoms with Crippen LogP contribution in [-0.2, 0) is 20.7 Å². The molecule has 0 radical (unpaired) electrons. The van der Waals surface area contributed by atoms with Crippen molar-refractivity contribution in [1.82, 2.24) is 0 Å². The van der Waals surface area contributed by atoms with Gasteiger partial charge < -0.3 is 20.5 Å². The first kappa shape index (κ1) is 21.3. The maximum absolute atomic E-state index is 12.0. The molecule has 0 spiro atoms. The van der Waals surface area contributed by atoms with E-state index in [-0.39, 0.29) is 37.3 Å². The summed E-state index contributed by atoms with van der Waals surface area (Å²) in [6.45, 7) is 0.247. The third-order valence-electron chi connectivity index (χ3n) is 3.62. The molecule has 0 aliphatic carbocycles. The van der Waals surface area contributed by atoms with E-state index in [1.165, 1.54) is 7.11 Å². The fourth-order valence-electron chi connectivity index (χ4n) is 2.22. The molecule has 6 nitrogen and oxygen atoms in total. The molecule has 140 valence electrons. The van der Waals surface area contributed by atoms with Gasteiger partial charge in [-0.15, -0.1) is 12.4 Å². The summed E-state index contributed by atoms with van der Waals surface area (Å²) in [5.74, 6) is 0.226. The van der Waals surface area contributed by atoms with E-state index >= 15 is 0 Å². The molecule has 0 aliphatic rings. The molecule has 0 aromatic heterocycles. The monoisotopic (exact) mass is 378 g/mol. The highest BCUT2D eigenvalue weighted by molar-refractivity contribution is 5.91. The van der Waals surface area contributed by atoms with Crippen LogP contribution in [0.3, 0.4) is 0 Å². The first-order chi connectivity index (χ1) is 12.1. The SMILES string of the molecule is COC(=O)CCOc1ccc(NC(=O)CCc2ccccc2N)cc1.Cl. The van der Waals surface area contributed by atoms with E-state index in [9.17, 15) is 9.59 Å². The van der Waals surface area contributed by atoms with E-state index in [0.29, 0.717) is 30.0 Å². The summed E-state index contributed by atoms with van der Waals surface area (Å²) in [5, 5.41) is 2.83. The van der Waals surface area contributed by atoms with Crippen molar-refractivity contribution in [2.24, 2.45) is 0 Å². The number of amides is 1. The minimum Gasteiger partial charge on any atom is -0.493 e. The van der Waals surface area contributed by atoms with Crippen LogP contribution < -0.4 is 15.8 Å². The maximum Gasteiger partial charge on any atom is 0.308 e. The number of halogens is 1. The van der Waals surface area contributed by atoms with Crippen LogP contribution in [0.5, 0.6) is 5.75 Å². The molecule has 0 saturated carbocycles. The van der Waals surface area contributed by atoms with Crippen LogP contribution in [0.1, 0.15) is 18.4 Å². The second-order valence-corrected chi connectivity index (χ2v) is 5.45. The van der Waals surface area contributed by atoms with Gasteiger partial charge in [0.25, 0.3) is 0 Å². The Hall–Kier alpha value is -2.73. The Labute approximate surface area is 159 Å². The smallest absolute Gasteiger partial charge is 0.308 e. The van der Waals surface area contributed by atoms with Crippen LogP contribution in [-0.4, -0.2) is 25.6 Å². The van der Waals surface area contributed by atoms with Crippen molar-refractivity contribution < 1.29 is 19.1 Å². The van der Waals surface area contributed by atoms with Gasteiger partial charge in [0.2, 0.25) is 5.91 Å². The molecule has 2 rings (SSSR count). The molecule has 1 amide bonds. The first-order valence-electron chi connectivity index (χ1n) is 8.01. The van der Waals surface area contributed by atoms with Gasteiger partial charge >= 0.3 is 5.97 Å². The van der Waals surface area contributed by atoms with Crippen molar-refractivity contribution >= 4 is 35.7 Å². The molecule has 0 fully saturated rings. The highest BCUT2D eigenvalue weighted by Crippen LogP contribution is 2.17. The molecule has 7 heteroatoms. The van der Waals surface area contributed by atoms with E-state index in [1.54, 1.807) is 24.3 Å². The summed E-state index contributed by atoms with van der Waals surface area (Å²) < 4.78 is 9.97. The standard InChI is InChI=1S/C19H22N2O4.ClH/c1-24-19(23)12-13-25-16-9-7-15(8-10-16)21-18(22)11-6-14-4-2-3-5-17(14)20;/h2-5,7-10H,6,11-13,20H2,1H3,(H,21,22);1H. The Bertz CT molecular complexity index is 720. The largest absolute Gasteiger partial charge is 0.493 e. The number of rotatable bonds is 8. The van der Waals surface area contributed by atoms with E-state index in [1.807, 2.05) is 24.3 Å². The van der Waals surface area contributed by atoms with Gasteiger partial charge in [-0.3, -0.25) is 9.59 Å². The lowest BCUT2D eigenvalue weighted by Crippen LogP contribution is -2.12. The number of benzene rings is 2. The Morgan fingerprint density at radius 1 is 1.04 bits per heavy atom. The summed E-state index contributed by atoms with van der Waals surface area (Å²) >= 11 is 0. The topological polar surface area (TPSA) is 90.6 Å². The third-order valence-corrected chi connectivity index (χ3v) is 3.62. The van der Waals surface area contributed by atoms with E-state index in [2.05, 4.69) is 10.1 Å². The second-order valence-electron chi connectivity index (χ2n) is 5.45. The number of carbonyl (C=O) groups excluding carboxylic acids is 2. The first-order valence-corrected chi connectivity index (χ1v) is 8.01. The van der Waals surface area contributed by atoms with E-state index in [0.717, 1.165) is 5.56 Å². The summed E-state index contributed by atoms with van der Waals surface area (Å²) in [6.07, 6.45) is 1.14. The molecule has 0 bridgehead atoms. The minimum absolute atomic E-state index is 0. The van der Waals surface area contributed by atoms with Gasteiger partial charge in [0, 0.05) is 17.8 Å². The van der Waals surface area contributed by atoms with E-state index in [4.69, 9.17) is 10.5 Å². The number of ether oxygens (including phenoxy) is 2. The molecule has 0 atom stereocenters. The summed E-state index contributed by atoms with van der Waals surface area (Å²) in [6, 6.07) is 14.5. The highest BCUT2D eigenvalue weighted by Gasteiger charge is 2.06. The molecule has 26 heavy (non-hydrogen) atoms. The molecule has 0 heterocycles. The third kappa shape index (κ3) is 7.03. The van der Waals surface area contributed by atoms with E-state index < -0.39 is 0 Å². The number of nitrogens with one attached hydrogen (secondary N) is 1. The van der Waals surface area contributed by atoms with Crippen LogP contribution >= 0.6 is 12.4 Å². The van der Waals surface area contributed by atoms with Crippen LogP contribution in [0.2, 0.25) is 0 Å². The predicted octanol–water partition coefficient (Wildman–Crippen LogP) is 3.20. The Morgan fingerprint density at radius 2 is 1.73 bits per heavy atom. The van der Waals surface area contributed by atoms with Gasteiger partial charge in [-0.1, -0.05) is 18.2 Å². The van der Waals surface area contributed by atoms with Gasteiger partial charge in [0.15, 0.2) is 0 Å². The molecule has 2 aromatic rings. The van der Waals surface area contributed by atoms with Crippen LogP contribution in [0.4, 0.5) is 11.4 Å². The Kier molecular flexibility index (Phi) is 9.01. The fourth-order valence-corrected chi connectivity index (χ4v) is 2.22. The predicted molar refractivity (Wildman–Crippen MR) is 104 cm³/mol. The molecule has 0 saturated heterocycles. The number of methoxy groups -OCH3 is 1. The van der Waals surface area contributed by atoms with Gasteiger partial charge in [0.1, 0.15) is 5.75 Å². The molecule has 2 aromatic carbocycles. The van der Waals surface area contributed by atoms with Crippen molar-refractivity contribution in [3.05, 3.63) is 54.1 Å². The van der Waals surface area contributed by atoms with Crippen LogP contribution in [0.25, 0.3) is 0 Å². The van der Waals surface area contributed by atoms with Gasteiger partial charge in [-0.05, 0) is 42.3 Å². The number of nitrogens with two attached hydrogens (primary N) is 1. The zero-order valence-corrected chi connectivity index (χ0v) is 15.4. The lowest BCUT2D eigenvalue weighted by Gasteiger charge is -2.09. The average molecular weight is 379 g/mol. The van der Waals surface area contributed by atoms with Gasteiger partial charge in [0.05, 0.1) is 20.1 Å². The van der Waals surface area contributed by atoms with Crippen molar-refractivity contribution in [3.8, 4) is 5.75 Å². The normalized spacial score (nSPS) is 9.73. The number of hydrogen-bond acceptors (Lipinski definition) is 5. The molecule has 0 unspecified atom stereocenters. The minimum atomic E-state index is -0.317. The lowest BCUT2D eigenvalue weighted by molar-refractivity contribution is -0.141. The number of aryl methyl sites for hydroxylation is 1. The summed E-state index contributed by atoms with van der Waals surface area (Å²) in [5.41, 5.74) is 8.22. The van der Waals surface area contributed by atoms with Gasteiger partial charge in [-0.2, -0.15) is 0 Å². The zero-order valence-electron chi connectivity index (χ0n) is 14.6. The van der Waals surface area contributed by atoms with Crippen molar-refractivity contribution in [2.45, 2.75) is 19.3 Å². The quantitative estimate of drug-likeness (QED) is 0.543. The van der Waals surface area contributed by atoms with Gasteiger partial charge in [-0.25, -0.2) is 0 Å². The highest BCUT2D eigenvalue weighted by atomic mass is 35.5. The second kappa shape index (κ2) is 11.0. The number of nitrogen functional groups attached to an aromatic ring is 1. The lowest BCUT2D eigenvalue weighted by atomic mass is 10.1. The molecule has 3 N–H and O–H groups in total. The number of anilines is 2. The average Bonchev–Trinajstić information content (AvgIpc) is 2.62. The zero-order chi connectivity index (χ0) is 18.1. The number of hydrogen-bond donors (Lipinski definition) is 2. The Morgan fingerprint density at radius 3 is 2.38 bits per heavy atom. The summed E-state index contributed by atoms with van der Waals surface area (Å²) in [7, 11) is 1.34. The summed E-state index contributed by atoms with van der Waals surface area (Å²) in [4.78, 5) is 23.0. The maximum atomic E-state index is 12.0. The Balaban J connectivity index is 0.00000338. The van der Waals surface area contributed by atoms with Crippen molar-refractivity contribution in [3.63, 3.8) is 0 Å². The molecular weight excluding hydrogens is 356 g/mol. The van der Waals surface area contributed by atoms with Crippen LogP contribution in [0.15, 0.2) is 48.5 Å². The molecular formula is C19H23ClN2O4. The van der Waals surface area contributed by atoms with Crippen molar-refractivity contribution in [2.75, 3.05) is 24.8 Å². The number of para-hydroxylation sites is 1. The number of carbonyl (C=O) groups is 2. The fraction of sp³-hybridized carbons (Fsp3) is 0.263. The molecule has 0 aliphatic heterocycles.